The number of benzene rings is 1. The Labute approximate surface area is 170 Å². The third kappa shape index (κ3) is 6.12. The van der Waals surface area contributed by atoms with Gasteiger partial charge >= 0.3 is 0 Å². The molecule has 3 nitrogen and oxygen atoms in total. The third-order valence-corrected chi connectivity index (χ3v) is 4.96. The van der Waals surface area contributed by atoms with Gasteiger partial charge in [-0.15, -0.1) is 0 Å². The zero-order chi connectivity index (χ0) is 20.5. The highest BCUT2D eigenvalue weighted by molar-refractivity contribution is 5.56. The number of aliphatic imine (C=N–C) groups is 1. The van der Waals surface area contributed by atoms with E-state index in [-0.39, 0.29) is 0 Å². The summed E-state index contributed by atoms with van der Waals surface area (Å²) in [5.41, 5.74) is 8.21. The van der Waals surface area contributed by atoms with E-state index in [4.69, 9.17) is 0 Å². The van der Waals surface area contributed by atoms with Gasteiger partial charge in [-0.1, -0.05) is 60.7 Å². The average Bonchev–Trinajstić information content (AvgIpc) is 2.70. The average molecular weight is 376 g/mol. The monoisotopic (exact) mass is 375 g/mol. The van der Waals surface area contributed by atoms with Gasteiger partial charge in [0.1, 0.15) is 0 Å². The predicted molar refractivity (Wildman–Crippen MR) is 122 cm³/mol. The van der Waals surface area contributed by atoms with Gasteiger partial charge in [0.2, 0.25) is 0 Å². The van der Waals surface area contributed by atoms with E-state index in [1.807, 2.05) is 19.2 Å². The lowest BCUT2D eigenvalue weighted by molar-refractivity contribution is 0.357. The topological polar surface area (TPSA) is 27.6 Å². The molecule has 0 bridgehead atoms. The fourth-order valence-corrected chi connectivity index (χ4v) is 3.18. The van der Waals surface area contributed by atoms with Gasteiger partial charge in [0.05, 0.1) is 0 Å². The second kappa shape index (κ2) is 10.5. The minimum Gasteiger partial charge on any atom is -0.381 e. The van der Waals surface area contributed by atoms with Crippen LogP contribution in [0, 0.1) is 6.92 Å². The maximum absolute atomic E-state index is 4.62. The maximum atomic E-state index is 4.62. The van der Waals surface area contributed by atoms with Crippen LogP contribution in [0.3, 0.4) is 0 Å². The van der Waals surface area contributed by atoms with Crippen molar-refractivity contribution < 1.29 is 0 Å². The Morgan fingerprint density at radius 3 is 2.75 bits per heavy atom. The molecule has 3 heteroatoms. The van der Waals surface area contributed by atoms with Crippen LogP contribution in [-0.2, 0) is 6.54 Å². The number of hydrogen-bond acceptors (Lipinski definition) is 3. The zero-order valence-electron chi connectivity index (χ0n) is 17.8. The van der Waals surface area contributed by atoms with Crippen molar-refractivity contribution in [1.82, 2.24) is 10.2 Å². The fraction of sp³-hybridized carbons (Fsp3) is 0.320. The Kier molecular flexibility index (Phi) is 8.06. The molecule has 1 aromatic rings. The van der Waals surface area contributed by atoms with Crippen molar-refractivity contribution in [1.29, 1.82) is 0 Å². The second-order valence-electron chi connectivity index (χ2n) is 7.23. The summed E-state index contributed by atoms with van der Waals surface area (Å²) in [6.45, 7) is 19.0. The summed E-state index contributed by atoms with van der Waals surface area (Å²) in [6.07, 6.45) is 8.93. The van der Waals surface area contributed by atoms with Crippen LogP contribution in [0.15, 0.2) is 88.9 Å². The number of aryl methyl sites for hydroxylation is 1. The Balaban J connectivity index is 2.15. The number of nitrogens with one attached hydrogen (secondary N) is 1. The second-order valence-corrected chi connectivity index (χ2v) is 7.23. The Morgan fingerprint density at radius 2 is 2.07 bits per heavy atom. The predicted octanol–water partition coefficient (Wildman–Crippen LogP) is 5.68. The summed E-state index contributed by atoms with van der Waals surface area (Å²) in [7, 11) is 0. The molecular formula is C25H33N3. The van der Waals surface area contributed by atoms with Crippen LogP contribution in [0.2, 0.25) is 0 Å². The Morgan fingerprint density at radius 1 is 1.29 bits per heavy atom. The van der Waals surface area contributed by atoms with E-state index in [1.54, 1.807) is 0 Å². The highest BCUT2D eigenvalue weighted by Gasteiger charge is 2.20. The normalized spacial score (nSPS) is 15.9. The molecule has 2 rings (SSSR count). The van der Waals surface area contributed by atoms with Gasteiger partial charge in [0.15, 0.2) is 0 Å². The number of allylic oxidation sites excluding steroid dienone is 5. The SMILES string of the molecule is C=C/C(C)=C\C=C(/C)N1CCC(N=CC)=C(C(=C)NCc2cccc(C)c2)C1. The molecule has 1 N–H and O–H groups in total. The van der Waals surface area contributed by atoms with Gasteiger partial charge in [-0.05, 0) is 39.3 Å². The quantitative estimate of drug-likeness (QED) is 0.467. The molecule has 0 atom stereocenters. The Hall–Kier alpha value is -2.81. The molecule has 1 aliphatic heterocycles. The van der Waals surface area contributed by atoms with Crippen LogP contribution in [0.4, 0.5) is 0 Å². The van der Waals surface area contributed by atoms with Gasteiger partial charge in [0.25, 0.3) is 0 Å². The highest BCUT2D eigenvalue weighted by Crippen LogP contribution is 2.25. The van der Waals surface area contributed by atoms with Gasteiger partial charge in [0, 0.05) is 54.9 Å². The first kappa shape index (κ1) is 21.5. The van der Waals surface area contributed by atoms with Crippen molar-refractivity contribution in [2.75, 3.05) is 13.1 Å². The van der Waals surface area contributed by atoms with Crippen LogP contribution in [0.5, 0.6) is 0 Å². The van der Waals surface area contributed by atoms with Crippen LogP contribution in [-0.4, -0.2) is 24.2 Å². The molecule has 0 saturated carbocycles. The summed E-state index contributed by atoms with van der Waals surface area (Å²) in [6, 6.07) is 8.55. The smallest absolute Gasteiger partial charge is 0.0487 e. The summed E-state index contributed by atoms with van der Waals surface area (Å²) < 4.78 is 0. The van der Waals surface area contributed by atoms with E-state index in [2.05, 4.69) is 85.6 Å². The Bertz CT molecular complexity index is 837. The minimum atomic E-state index is 0.767. The molecule has 28 heavy (non-hydrogen) atoms. The molecule has 0 aliphatic carbocycles. The highest BCUT2D eigenvalue weighted by atomic mass is 15.1. The fourth-order valence-electron chi connectivity index (χ4n) is 3.18. The maximum Gasteiger partial charge on any atom is 0.0487 e. The van der Waals surface area contributed by atoms with Crippen molar-refractivity contribution in [2.45, 2.75) is 40.7 Å². The molecule has 0 aromatic heterocycles. The lowest BCUT2D eigenvalue weighted by Gasteiger charge is -2.33. The van der Waals surface area contributed by atoms with Gasteiger partial charge in [-0.25, -0.2) is 0 Å². The molecule has 0 amide bonds. The lowest BCUT2D eigenvalue weighted by atomic mass is 10.0. The standard InChI is InChI=1S/C25H33N3/c1-7-19(3)12-13-21(5)28-15-14-25(26-8-2)24(18-28)22(6)27-17-23-11-9-10-20(4)16-23/h7-13,16,27H,1,6,14-15,17-18H2,2-5H3/b19-12-,21-13+,26-8?. The largest absolute Gasteiger partial charge is 0.381 e. The molecule has 0 unspecified atom stereocenters. The van der Waals surface area contributed by atoms with Crippen LogP contribution in [0.1, 0.15) is 38.3 Å². The van der Waals surface area contributed by atoms with Crippen molar-refractivity contribution in [3.63, 3.8) is 0 Å². The first-order valence-corrected chi connectivity index (χ1v) is 9.86. The molecule has 1 heterocycles. The summed E-state index contributed by atoms with van der Waals surface area (Å²) in [5, 5.41) is 3.51. The summed E-state index contributed by atoms with van der Waals surface area (Å²) in [5.74, 6) is 0. The molecule has 0 spiro atoms. The van der Waals surface area contributed by atoms with E-state index in [1.165, 1.54) is 22.4 Å². The first-order chi connectivity index (χ1) is 13.4. The van der Waals surface area contributed by atoms with Crippen molar-refractivity contribution in [3.05, 3.63) is 95.0 Å². The van der Waals surface area contributed by atoms with Crippen LogP contribution < -0.4 is 5.32 Å². The van der Waals surface area contributed by atoms with Gasteiger partial charge in [-0.2, -0.15) is 0 Å². The number of hydrogen-bond donors (Lipinski definition) is 1. The van der Waals surface area contributed by atoms with Crippen molar-refractivity contribution in [3.8, 4) is 0 Å². The molecular weight excluding hydrogens is 342 g/mol. The van der Waals surface area contributed by atoms with E-state index in [0.717, 1.165) is 43.0 Å². The molecule has 0 fully saturated rings. The first-order valence-electron chi connectivity index (χ1n) is 9.86. The lowest BCUT2D eigenvalue weighted by Crippen LogP contribution is -2.32. The zero-order valence-corrected chi connectivity index (χ0v) is 17.8. The number of rotatable bonds is 8. The van der Waals surface area contributed by atoms with Gasteiger partial charge in [-0.3, -0.25) is 4.99 Å². The van der Waals surface area contributed by atoms with E-state index in [9.17, 15) is 0 Å². The van der Waals surface area contributed by atoms with Crippen LogP contribution >= 0.6 is 0 Å². The third-order valence-electron chi connectivity index (χ3n) is 4.96. The molecule has 0 saturated heterocycles. The minimum absolute atomic E-state index is 0.767. The summed E-state index contributed by atoms with van der Waals surface area (Å²) >= 11 is 0. The van der Waals surface area contributed by atoms with Crippen LogP contribution in [0.25, 0.3) is 0 Å². The van der Waals surface area contributed by atoms with Gasteiger partial charge < -0.3 is 10.2 Å². The summed E-state index contributed by atoms with van der Waals surface area (Å²) in [4.78, 5) is 7.00. The molecule has 1 aliphatic rings. The van der Waals surface area contributed by atoms with E-state index < -0.39 is 0 Å². The molecule has 148 valence electrons. The number of nitrogens with zero attached hydrogens (tertiary/aromatic N) is 2. The van der Waals surface area contributed by atoms with Crippen molar-refractivity contribution in [2.24, 2.45) is 4.99 Å². The molecule has 1 aromatic carbocycles. The van der Waals surface area contributed by atoms with Crippen molar-refractivity contribution >= 4 is 6.21 Å². The van der Waals surface area contributed by atoms with E-state index in [0.29, 0.717) is 0 Å². The molecule has 0 radical (unpaired) electrons. The van der Waals surface area contributed by atoms with E-state index >= 15 is 0 Å².